The molecule has 0 aliphatic rings. The highest BCUT2D eigenvalue weighted by Crippen LogP contribution is 2.34. The number of nitro benzene ring substituents is 1. The predicted octanol–water partition coefficient (Wildman–Crippen LogP) is 4.25. The van der Waals surface area contributed by atoms with E-state index in [4.69, 9.17) is 4.74 Å². The lowest BCUT2D eigenvalue weighted by Crippen LogP contribution is -2.09. The van der Waals surface area contributed by atoms with E-state index in [9.17, 15) is 19.3 Å². The monoisotopic (exact) mass is 419 g/mol. The molecule has 3 rings (SSSR count). The van der Waals surface area contributed by atoms with Gasteiger partial charge in [-0.15, -0.1) is 0 Å². The standard InChI is InChI=1S/C17H11BrFN3O4/c1-21-7-6-20-17(21)16(23)10-2-5-15(14(8-10)22(24)25)26-11-3-4-13(19)12(18)9-11/h2-9H,1H3. The number of hydrogen-bond acceptors (Lipinski definition) is 5. The number of carbonyl (C=O) groups excluding carboxylic acids is 1. The van der Waals surface area contributed by atoms with Crippen molar-refractivity contribution in [2.75, 3.05) is 0 Å². The van der Waals surface area contributed by atoms with Crippen LogP contribution in [0.3, 0.4) is 0 Å². The minimum absolute atomic E-state index is 0.0649. The number of rotatable bonds is 5. The maximum absolute atomic E-state index is 13.3. The van der Waals surface area contributed by atoms with Gasteiger partial charge in [0.25, 0.3) is 0 Å². The number of ketones is 1. The SMILES string of the molecule is Cn1ccnc1C(=O)c1ccc(Oc2ccc(F)c(Br)c2)c([N+](=O)[O-])c1. The number of nitrogens with zero attached hydrogens (tertiary/aromatic N) is 3. The van der Waals surface area contributed by atoms with Crippen LogP contribution in [0.2, 0.25) is 0 Å². The van der Waals surface area contributed by atoms with Gasteiger partial charge in [-0.1, -0.05) is 0 Å². The van der Waals surface area contributed by atoms with Crippen LogP contribution in [0.5, 0.6) is 11.5 Å². The Labute approximate surface area is 155 Å². The normalized spacial score (nSPS) is 10.6. The van der Waals surface area contributed by atoms with E-state index >= 15 is 0 Å². The van der Waals surface area contributed by atoms with Crippen LogP contribution in [-0.2, 0) is 7.05 Å². The molecule has 0 aliphatic heterocycles. The molecule has 7 nitrogen and oxygen atoms in total. The Kier molecular flexibility index (Phi) is 4.81. The fourth-order valence-electron chi connectivity index (χ4n) is 2.27. The van der Waals surface area contributed by atoms with E-state index < -0.39 is 16.5 Å². The van der Waals surface area contributed by atoms with Crippen molar-refractivity contribution in [1.29, 1.82) is 0 Å². The molecule has 132 valence electrons. The van der Waals surface area contributed by atoms with E-state index in [0.717, 1.165) is 6.07 Å². The zero-order chi connectivity index (χ0) is 18.8. The van der Waals surface area contributed by atoms with Crippen molar-refractivity contribution in [3.63, 3.8) is 0 Å². The second-order valence-corrected chi connectivity index (χ2v) is 6.16. The summed E-state index contributed by atoms with van der Waals surface area (Å²) in [6.45, 7) is 0. The molecule has 0 atom stereocenters. The van der Waals surface area contributed by atoms with Gasteiger partial charge in [-0.05, 0) is 46.3 Å². The Morgan fingerprint density at radius 1 is 1.31 bits per heavy atom. The Bertz CT molecular complexity index is 1020. The predicted molar refractivity (Wildman–Crippen MR) is 93.9 cm³/mol. The third-order valence-corrected chi connectivity index (χ3v) is 4.17. The number of carbonyl (C=O) groups is 1. The quantitative estimate of drug-likeness (QED) is 0.350. The molecule has 0 unspecified atom stereocenters. The molecule has 0 bridgehead atoms. The maximum atomic E-state index is 13.3. The topological polar surface area (TPSA) is 87.3 Å². The second kappa shape index (κ2) is 7.04. The van der Waals surface area contributed by atoms with E-state index in [0.29, 0.717) is 0 Å². The zero-order valence-electron chi connectivity index (χ0n) is 13.3. The molecule has 0 fully saturated rings. The van der Waals surface area contributed by atoms with E-state index in [2.05, 4.69) is 20.9 Å². The fraction of sp³-hybridized carbons (Fsp3) is 0.0588. The fourth-order valence-corrected chi connectivity index (χ4v) is 2.63. The smallest absolute Gasteiger partial charge is 0.312 e. The second-order valence-electron chi connectivity index (χ2n) is 5.31. The van der Waals surface area contributed by atoms with Crippen LogP contribution >= 0.6 is 15.9 Å². The third kappa shape index (κ3) is 3.47. The molecule has 0 aliphatic carbocycles. The van der Waals surface area contributed by atoms with Gasteiger partial charge in [0.2, 0.25) is 11.5 Å². The number of halogens is 2. The molecule has 1 aromatic heterocycles. The summed E-state index contributed by atoms with van der Waals surface area (Å²) in [5.41, 5.74) is -0.274. The average molecular weight is 420 g/mol. The first-order valence-electron chi connectivity index (χ1n) is 7.30. The van der Waals surface area contributed by atoms with Gasteiger partial charge in [0.05, 0.1) is 9.40 Å². The largest absolute Gasteiger partial charge is 0.450 e. The minimum Gasteiger partial charge on any atom is -0.450 e. The first-order valence-corrected chi connectivity index (χ1v) is 8.09. The maximum Gasteiger partial charge on any atom is 0.312 e. The van der Waals surface area contributed by atoms with Crippen molar-refractivity contribution in [3.05, 3.63) is 80.6 Å². The Balaban J connectivity index is 1.97. The summed E-state index contributed by atoms with van der Waals surface area (Å²) in [5, 5.41) is 11.4. The van der Waals surface area contributed by atoms with Gasteiger partial charge in [0.1, 0.15) is 11.6 Å². The third-order valence-electron chi connectivity index (χ3n) is 3.56. The van der Waals surface area contributed by atoms with Gasteiger partial charge in [-0.25, -0.2) is 9.37 Å². The van der Waals surface area contributed by atoms with Crippen LogP contribution in [0.15, 0.2) is 53.3 Å². The summed E-state index contributed by atoms with van der Waals surface area (Å²) in [4.78, 5) is 27.1. The number of aryl methyl sites for hydroxylation is 1. The molecule has 0 N–H and O–H groups in total. The van der Waals surface area contributed by atoms with Crippen molar-refractivity contribution >= 4 is 27.4 Å². The van der Waals surface area contributed by atoms with Crippen LogP contribution in [0, 0.1) is 15.9 Å². The van der Waals surface area contributed by atoms with Crippen molar-refractivity contribution in [2.45, 2.75) is 0 Å². The summed E-state index contributed by atoms with van der Waals surface area (Å²) >= 11 is 3.02. The van der Waals surface area contributed by atoms with Crippen LogP contribution in [0.4, 0.5) is 10.1 Å². The zero-order valence-corrected chi connectivity index (χ0v) is 14.9. The number of nitro groups is 1. The molecular formula is C17H11BrFN3O4. The highest BCUT2D eigenvalue weighted by atomic mass is 79.9. The summed E-state index contributed by atoms with van der Waals surface area (Å²) in [6.07, 6.45) is 3.07. The average Bonchev–Trinajstić information content (AvgIpc) is 3.03. The van der Waals surface area contributed by atoms with Crippen molar-refractivity contribution < 1.29 is 18.8 Å². The number of ether oxygens (including phenoxy) is 1. The van der Waals surface area contributed by atoms with Gasteiger partial charge in [0, 0.05) is 31.1 Å². The first-order chi connectivity index (χ1) is 12.4. The summed E-state index contributed by atoms with van der Waals surface area (Å²) in [6, 6.07) is 7.74. The molecule has 0 spiro atoms. The Hall–Kier alpha value is -3.07. The van der Waals surface area contributed by atoms with E-state index in [1.54, 1.807) is 13.2 Å². The number of hydrogen-bond donors (Lipinski definition) is 0. The van der Waals surface area contributed by atoms with Crippen LogP contribution in [-0.4, -0.2) is 20.3 Å². The molecule has 3 aromatic rings. The molecule has 0 radical (unpaired) electrons. The molecule has 26 heavy (non-hydrogen) atoms. The van der Waals surface area contributed by atoms with Crippen molar-refractivity contribution in [3.8, 4) is 11.5 Å². The molecule has 2 aromatic carbocycles. The van der Waals surface area contributed by atoms with Gasteiger partial charge in [-0.2, -0.15) is 0 Å². The van der Waals surface area contributed by atoms with Crippen molar-refractivity contribution in [2.24, 2.45) is 7.05 Å². The summed E-state index contributed by atoms with van der Waals surface area (Å²) in [7, 11) is 1.65. The van der Waals surface area contributed by atoms with Crippen LogP contribution < -0.4 is 4.74 Å². The van der Waals surface area contributed by atoms with Crippen molar-refractivity contribution in [1.82, 2.24) is 9.55 Å². The first kappa shape index (κ1) is 17.7. The Morgan fingerprint density at radius 2 is 2.08 bits per heavy atom. The lowest BCUT2D eigenvalue weighted by Gasteiger charge is -2.08. The Morgan fingerprint density at radius 3 is 2.69 bits per heavy atom. The molecule has 1 heterocycles. The minimum atomic E-state index is -0.650. The highest BCUT2D eigenvalue weighted by Gasteiger charge is 2.22. The molecule has 0 saturated carbocycles. The van der Waals surface area contributed by atoms with E-state index in [-0.39, 0.29) is 33.0 Å². The van der Waals surface area contributed by atoms with Gasteiger partial charge in [-0.3, -0.25) is 14.9 Å². The number of benzene rings is 2. The highest BCUT2D eigenvalue weighted by molar-refractivity contribution is 9.10. The van der Waals surface area contributed by atoms with Gasteiger partial charge >= 0.3 is 5.69 Å². The molecule has 0 amide bonds. The van der Waals surface area contributed by atoms with E-state index in [1.165, 1.54) is 41.1 Å². The van der Waals surface area contributed by atoms with E-state index in [1.807, 2.05) is 0 Å². The molecule has 0 saturated heterocycles. The number of imidazole rings is 1. The molecule has 9 heteroatoms. The van der Waals surface area contributed by atoms with Gasteiger partial charge in [0.15, 0.2) is 5.82 Å². The molecular weight excluding hydrogens is 409 g/mol. The summed E-state index contributed by atoms with van der Waals surface area (Å²) < 4.78 is 20.5. The number of aromatic nitrogens is 2. The lowest BCUT2D eigenvalue weighted by molar-refractivity contribution is -0.385. The van der Waals surface area contributed by atoms with Crippen LogP contribution in [0.1, 0.15) is 16.2 Å². The van der Waals surface area contributed by atoms with Gasteiger partial charge < -0.3 is 9.30 Å². The van der Waals surface area contributed by atoms with Crippen LogP contribution in [0.25, 0.3) is 0 Å². The summed E-state index contributed by atoms with van der Waals surface area (Å²) in [5.74, 6) is -0.621. The lowest BCUT2D eigenvalue weighted by atomic mass is 10.1.